The molecule has 0 bridgehead atoms. The number of para-hydroxylation sites is 1. The summed E-state index contributed by atoms with van der Waals surface area (Å²) in [4.78, 5) is 21.1. The highest BCUT2D eigenvalue weighted by atomic mass is 16.1. The van der Waals surface area contributed by atoms with Gasteiger partial charge < -0.3 is 5.32 Å². The Hall–Kier alpha value is -3.47. The molecule has 0 saturated carbocycles. The van der Waals surface area contributed by atoms with Gasteiger partial charge in [-0.3, -0.25) is 14.3 Å². The van der Waals surface area contributed by atoms with Crippen LogP contribution in [0.15, 0.2) is 73.1 Å². The van der Waals surface area contributed by atoms with Crippen molar-refractivity contribution < 1.29 is 4.79 Å². The minimum absolute atomic E-state index is 0.115. The maximum Gasteiger partial charge on any atom is 0.251 e. The summed E-state index contributed by atoms with van der Waals surface area (Å²) >= 11 is 0. The Morgan fingerprint density at radius 2 is 1.81 bits per heavy atom. The van der Waals surface area contributed by atoms with Gasteiger partial charge in [0.05, 0.1) is 11.0 Å². The third-order valence-electron chi connectivity index (χ3n) is 4.30. The average molecular weight is 342 g/mol. The lowest BCUT2D eigenvalue weighted by atomic mass is 10.1. The Morgan fingerprint density at radius 3 is 2.58 bits per heavy atom. The first kappa shape index (κ1) is 16.0. The van der Waals surface area contributed by atoms with Gasteiger partial charge in [0, 0.05) is 30.2 Å². The number of carbonyl (C=O) groups is 1. The van der Waals surface area contributed by atoms with Crippen molar-refractivity contribution in [3.05, 3.63) is 90.0 Å². The summed E-state index contributed by atoms with van der Waals surface area (Å²) in [5, 5.41) is 2.93. The third-order valence-corrected chi connectivity index (χ3v) is 4.30. The van der Waals surface area contributed by atoms with Crippen LogP contribution in [0.3, 0.4) is 0 Å². The summed E-state index contributed by atoms with van der Waals surface area (Å²) in [6.07, 6.45) is 3.43. The Kier molecular flexibility index (Phi) is 4.19. The summed E-state index contributed by atoms with van der Waals surface area (Å²) in [6.45, 7) is 2.44. The maximum absolute atomic E-state index is 12.5. The molecule has 26 heavy (non-hydrogen) atoms. The molecule has 0 spiro atoms. The molecule has 5 nitrogen and oxygen atoms in total. The SMILES string of the molecule is Cc1nc2cc(C(=O)NCc3ccncc3)ccc2n1-c1ccccc1. The number of hydrogen-bond acceptors (Lipinski definition) is 3. The van der Waals surface area contributed by atoms with Crippen molar-refractivity contribution in [1.29, 1.82) is 0 Å². The number of imidazole rings is 1. The van der Waals surface area contributed by atoms with Gasteiger partial charge in [-0.2, -0.15) is 0 Å². The Labute approximate surface area is 151 Å². The molecular formula is C21H18N4O. The van der Waals surface area contributed by atoms with Crippen LogP contribution in [0.4, 0.5) is 0 Å². The summed E-state index contributed by atoms with van der Waals surface area (Å²) in [5.74, 6) is 0.774. The van der Waals surface area contributed by atoms with E-state index in [4.69, 9.17) is 0 Å². The van der Waals surface area contributed by atoms with Gasteiger partial charge in [0.25, 0.3) is 5.91 Å². The molecule has 0 aliphatic heterocycles. The molecule has 5 heteroatoms. The van der Waals surface area contributed by atoms with E-state index >= 15 is 0 Å². The molecular weight excluding hydrogens is 324 g/mol. The fourth-order valence-electron chi connectivity index (χ4n) is 3.03. The van der Waals surface area contributed by atoms with Crippen LogP contribution in [0, 0.1) is 6.92 Å². The van der Waals surface area contributed by atoms with Crippen molar-refractivity contribution in [2.75, 3.05) is 0 Å². The van der Waals surface area contributed by atoms with E-state index in [0.717, 1.165) is 28.1 Å². The zero-order valence-corrected chi connectivity index (χ0v) is 14.4. The topological polar surface area (TPSA) is 59.8 Å². The predicted molar refractivity (Wildman–Crippen MR) is 101 cm³/mol. The van der Waals surface area contributed by atoms with Gasteiger partial charge in [0.15, 0.2) is 0 Å². The van der Waals surface area contributed by atoms with E-state index in [1.165, 1.54) is 0 Å². The number of pyridine rings is 1. The third kappa shape index (κ3) is 3.07. The van der Waals surface area contributed by atoms with E-state index in [2.05, 4.69) is 19.9 Å². The largest absolute Gasteiger partial charge is 0.348 e. The van der Waals surface area contributed by atoms with Crippen LogP contribution in [-0.2, 0) is 6.54 Å². The van der Waals surface area contributed by atoms with Gasteiger partial charge in [0.2, 0.25) is 0 Å². The second-order valence-electron chi connectivity index (χ2n) is 6.07. The highest BCUT2D eigenvalue weighted by Crippen LogP contribution is 2.22. The molecule has 0 saturated heterocycles. The minimum atomic E-state index is -0.115. The number of benzene rings is 2. The van der Waals surface area contributed by atoms with Crippen LogP contribution in [-0.4, -0.2) is 20.4 Å². The number of aromatic nitrogens is 3. The molecule has 4 aromatic rings. The molecule has 2 heterocycles. The molecule has 1 N–H and O–H groups in total. The first-order chi connectivity index (χ1) is 12.7. The molecule has 2 aromatic heterocycles. The Morgan fingerprint density at radius 1 is 1.04 bits per heavy atom. The zero-order valence-electron chi connectivity index (χ0n) is 14.4. The van der Waals surface area contributed by atoms with Gasteiger partial charge in [-0.05, 0) is 55.0 Å². The first-order valence-corrected chi connectivity index (χ1v) is 8.44. The van der Waals surface area contributed by atoms with Crippen molar-refractivity contribution in [3.63, 3.8) is 0 Å². The van der Waals surface area contributed by atoms with Gasteiger partial charge in [-0.15, -0.1) is 0 Å². The van der Waals surface area contributed by atoms with Crippen LogP contribution in [0.1, 0.15) is 21.7 Å². The van der Waals surface area contributed by atoms with Crippen LogP contribution >= 0.6 is 0 Å². The monoisotopic (exact) mass is 342 g/mol. The molecule has 1 amide bonds. The molecule has 128 valence electrons. The lowest BCUT2D eigenvalue weighted by Gasteiger charge is -2.07. The first-order valence-electron chi connectivity index (χ1n) is 8.44. The summed E-state index contributed by atoms with van der Waals surface area (Å²) in [6, 6.07) is 19.5. The molecule has 0 radical (unpaired) electrons. The Balaban J connectivity index is 1.61. The van der Waals surface area contributed by atoms with E-state index in [9.17, 15) is 4.79 Å². The smallest absolute Gasteiger partial charge is 0.251 e. The van der Waals surface area contributed by atoms with Crippen molar-refractivity contribution in [2.24, 2.45) is 0 Å². The number of rotatable bonds is 4. The number of hydrogen-bond donors (Lipinski definition) is 1. The Bertz CT molecular complexity index is 1060. The number of aryl methyl sites for hydroxylation is 1. The number of carbonyl (C=O) groups excluding carboxylic acids is 1. The van der Waals surface area contributed by atoms with E-state index < -0.39 is 0 Å². The molecule has 0 aliphatic rings. The van der Waals surface area contributed by atoms with Gasteiger partial charge >= 0.3 is 0 Å². The van der Waals surface area contributed by atoms with Crippen molar-refractivity contribution in [2.45, 2.75) is 13.5 Å². The molecule has 0 aliphatic carbocycles. The summed E-state index contributed by atoms with van der Waals surface area (Å²) in [5.41, 5.74) is 4.47. The highest BCUT2D eigenvalue weighted by molar-refractivity contribution is 5.97. The van der Waals surface area contributed by atoms with E-state index in [-0.39, 0.29) is 5.91 Å². The standard InChI is InChI=1S/C21H18N4O/c1-15-24-19-13-17(21(26)23-14-16-9-11-22-12-10-16)7-8-20(19)25(15)18-5-3-2-4-6-18/h2-13H,14H2,1H3,(H,23,26). The summed E-state index contributed by atoms with van der Waals surface area (Å²) in [7, 11) is 0. The molecule has 0 fully saturated rings. The van der Waals surface area contributed by atoms with Crippen LogP contribution < -0.4 is 5.32 Å². The second-order valence-corrected chi connectivity index (χ2v) is 6.07. The lowest BCUT2D eigenvalue weighted by Crippen LogP contribution is -2.22. The van der Waals surface area contributed by atoms with Gasteiger partial charge in [-0.1, -0.05) is 18.2 Å². The van der Waals surface area contributed by atoms with E-state index in [0.29, 0.717) is 12.1 Å². The number of amides is 1. The van der Waals surface area contributed by atoms with E-state index in [1.807, 2.05) is 67.6 Å². The van der Waals surface area contributed by atoms with Crippen LogP contribution in [0.25, 0.3) is 16.7 Å². The minimum Gasteiger partial charge on any atom is -0.348 e. The fraction of sp³-hybridized carbons (Fsp3) is 0.0952. The number of fused-ring (bicyclic) bond motifs is 1. The van der Waals surface area contributed by atoms with Crippen LogP contribution in [0.2, 0.25) is 0 Å². The second kappa shape index (κ2) is 6.80. The molecule has 2 aromatic carbocycles. The molecule has 0 unspecified atom stereocenters. The van der Waals surface area contributed by atoms with Crippen LogP contribution in [0.5, 0.6) is 0 Å². The van der Waals surface area contributed by atoms with E-state index in [1.54, 1.807) is 12.4 Å². The fourth-order valence-corrected chi connectivity index (χ4v) is 3.03. The maximum atomic E-state index is 12.5. The zero-order chi connectivity index (χ0) is 17.9. The van der Waals surface area contributed by atoms with Gasteiger partial charge in [0.1, 0.15) is 5.82 Å². The van der Waals surface area contributed by atoms with Gasteiger partial charge in [-0.25, -0.2) is 4.98 Å². The normalized spacial score (nSPS) is 10.8. The number of nitrogens with one attached hydrogen (secondary N) is 1. The van der Waals surface area contributed by atoms with Crippen molar-refractivity contribution >= 4 is 16.9 Å². The van der Waals surface area contributed by atoms with Crippen molar-refractivity contribution in [3.8, 4) is 5.69 Å². The summed E-state index contributed by atoms with van der Waals surface area (Å²) < 4.78 is 2.09. The quantitative estimate of drug-likeness (QED) is 0.616. The van der Waals surface area contributed by atoms with Crippen molar-refractivity contribution in [1.82, 2.24) is 19.9 Å². The molecule has 4 rings (SSSR count). The number of nitrogens with zero attached hydrogens (tertiary/aromatic N) is 3. The predicted octanol–water partition coefficient (Wildman–Crippen LogP) is 3.66. The lowest BCUT2D eigenvalue weighted by molar-refractivity contribution is 0.0951. The highest BCUT2D eigenvalue weighted by Gasteiger charge is 2.12. The molecule has 0 atom stereocenters. The average Bonchev–Trinajstić information content (AvgIpc) is 3.02.